The highest BCUT2D eigenvalue weighted by Gasteiger charge is 2.16. The average Bonchev–Trinajstić information content (AvgIpc) is 2.47. The first-order valence-electron chi connectivity index (χ1n) is 6.22. The lowest BCUT2D eigenvalue weighted by Crippen LogP contribution is -2.21. The van der Waals surface area contributed by atoms with E-state index in [1.54, 1.807) is 24.3 Å². The van der Waals surface area contributed by atoms with Crippen LogP contribution in [0.25, 0.3) is 0 Å². The smallest absolute Gasteiger partial charge is 0.303 e. The van der Waals surface area contributed by atoms with Crippen LogP contribution in [-0.4, -0.2) is 30.2 Å². The number of aliphatic carboxylic acids is 1. The second kappa shape index (κ2) is 6.60. The first-order chi connectivity index (χ1) is 9.66. The third kappa shape index (κ3) is 3.74. The zero-order valence-corrected chi connectivity index (χ0v) is 10.8. The van der Waals surface area contributed by atoms with Crippen LogP contribution in [0.3, 0.4) is 0 Å². The molecular formula is C14H15NO5. The van der Waals surface area contributed by atoms with Gasteiger partial charge in [-0.1, -0.05) is 18.2 Å². The maximum atomic E-state index is 12.0. The van der Waals surface area contributed by atoms with Crippen molar-refractivity contribution in [2.75, 3.05) is 18.5 Å². The molecule has 1 aliphatic rings. The Balaban J connectivity index is 2.06. The molecular weight excluding hydrogens is 262 g/mol. The van der Waals surface area contributed by atoms with Crippen LogP contribution in [0.2, 0.25) is 0 Å². The highest BCUT2D eigenvalue weighted by molar-refractivity contribution is 6.02. The summed E-state index contributed by atoms with van der Waals surface area (Å²) < 4.78 is 10.2. The molecule has 0 aliphatic carbocycles. The predicted molar refractivity (Wildman–Crippen MR) is 71.0 cm³/mol. The van der Waals surface area contributed by atoms with E-state index in [4.69, 9.17) is 14.6 Å². The Labute approximate surface area is 116 Å². The van der Waals surface area contributed by atoms with Gasteiger partial charge in [0, 0.05) is 12.1 Å². The molecule has 6 heteroatoms. The number of benzene rings is 1. The van der Waals surface area contributed by atoms with Crippen molar-refractivity contribution in [3.05, 3.63) is 41.9 Å². The van der Waals surface area contributed by atoms with Crippen molar-refractivity contribution >= 4 is 17.6 Å². The number of aryl methyl sites for hydroxylation is 1. The van der Waals surface area contributed by atoms with Crippen LogP contribution in [0.4, 0.5) is 5.69 Å². The minimum atomic E-state index is -0.877. The van der Waals surface area contributed by atoms with Crippen molar-refractivity contribution < 1.29 is 24.2 Å². The Morgan fingerprint density at radius 3 is 2.75 bits per heavy atom. The number of amides is 1. The maximum absolute atomic E-state index is 12.0. The van der Waals surface area contributed by atoms with E-state index in [0.29, 0.717) is 25.3 Å². The molecule has 1 amide bonds. The molecule has 0 radical (unpaired) electrons. The quantitative estimate of drug-likeness (QED) is 0.852. The van der Waals surface area contributed by atoms with Crippen LogP contribution < -0.4 is 5.32 Å². The number of ether oxygens (including phenoxy) is 2. The molecule has 0 unspecified atom stereocenters. The first kappa shape index (κ1) is 13.9. The summed E-state index contributed by atoms with van der Waals surface area (Å²) in [5, 5.41) is 11.4. The molecule has 2 rings (SSSR count). The van der Waals surface area contributed by atoms with Crippen molar-refractivity contribution in [2.24, 2.45) is 0 Å². The van der Waals surface area contributed by atoms with Gasteiger partial charge in [0.05, 0.1) is 0 Å². The number of carboxylic acid groups (broad SMARTS) is 1. The average molecular weight is 277 g/mol. The molecule has 0 aromatic heterocycles. The lowest BCUT2D eigenvalue weighted by Gasteiger charge is -2.16. The summed E-state index contributed by atoms with van der Waals surface area (Å²) in [6.07, 6.45) is 1.63. The van der Waals surface area contributed by atoms with Crippen LogP contribution in [0.15, 0.2) is 36.3 Å². The fourth-order valence-electron chi connectivity index (χ4n) is 1.77. The minimum Gasteiger partial charge on any atom is -0.494 e. The molecule has 0 bridgehead atoms. The Morgan fingerprint density at radius 2 is 2.05 bits per heavy atom. The number of carboxylic acids is 1. The predicted octanol–water partition coefficient (Wildman–Crippen LogP) is 1.53. The van der Waals surface area contributed by atoms with Crippen molar-refractivity contribution in [3.63, 3.8) is 0 Å². The molecule has 1 heterocycles. The molecule has 2 N–H and O–H groups in total. The van der Waals surface area contributed by atoms with Crippen molar-refractivity contribution in [2.45, 2.75) is 12.8 Å². The van der Waals surface area contributed by atoms with E-state index < -0.39 is 11.9 Å². The van der Waals surface area contributed by atoms with Gasteiger partial charge >= 0.3 is 5.97 Å². The Bertz CT molecular complexity index is 538. The number of anilines is 1. The van der Waals surface area contributed by atoms with Gasteiger partial charge < -0.3 is 19.9 Å². The van der Waals surface area contributed by atoms with Gasteiger partial charge in [0.15, 0.2) is 0 Å². The van der Waals surface area contributed by atoms with Crippen LogP contribution in [0.5, 0.6) is 0 Å². The van der Waals surface area contributed by atoms with E-state index in [1.807, 2.05) is 0 Å². The van der Waals surface area contributed by atoms with Gasteiger partial charge in [-0.05, 0) is 18.1 Å². The molecule has 1 aromatic rings. The number of hydrogen-bond acceptors (Lipinski definition) is 4. The zero-order valence-electron chi connectivity index (χ0n) is 10.8. The normalized spacial score (nSPS) is 13.7. The summed E-state index contributed by atoms with van der Waals surface area (Å²) in [6, 6.07) is 7.07. The molecule has 0 saturated heterocycles. The molecule has 0 fully saturated rings. The van der Waals surface area contributed by atoms with Crippen molar-refractivity contribution in [1.29, 1.82) is 0 Å². The summed E-state index contributed by atoms with van der Waals surface area (Å²) in [7, 11) is 0. The lowest BCUT2D eigenvalue weighted by molar-refractivity contribution is -0.136. The first-order valence-corrected chi connectivity index (χ1v) is 6.22. The van der Waals surface area contributed by atoms with Gasteiger partial charge in [0.2, 0.25) is 5.76 Å². The Kier molecular flexibility index (Phi) is 4.60. The largest absolute Gasteiger partial charge is 0.494 e. The molecule has 0 saturated carbocycles. The third-order valence-corrected chi connectivity index (χ3v) is 2.75. The standard InChI is InChI=1S/C14H15NO5/c16-13(17)6-5-10-3-1-2-4-11(10)15-14(18)12-9-19-7-8-20-12/h1-4,9H,5-8H2,(H,15,18)(H,16,17). The second-order valence-corrected chi connectivity index (χ2v) is 4.21. The van der Waals surface area contributed by atoms with E-state index >= 15 is 0 Å². The lowest BCUT2D eigenvalue weighted by atomic mass is 10.1. The zero-order chi connectivity index (χ0) is 14.4. The number of hydrogen-bond donors (Lipinski definition) is 2. The monoisotopic (exact) mass is 277 g/mol. The number of nitrogens with one attached hydrogen (secondary N) is 1. The summed E-state index contributed by atoms with van der Waals surface area (Å²) in [5.41, 5.74) is 1.34. The number of para-hydroxylation sites is 1. The minimum absolute atomic E-state index is 0.00912. The van der Waals surface area contributed by atoms with Gasteiger partial charge in [-0.3, -0.25) is 9.59 Å². The highest BCUT2D eigenvalue weighted by Crippen LogP contribution is 2.18. The van der Waals surface area contributed by atoms with Crippen LogP contribution in [0, 0.1) is 0 Å². The molecule has 0 atom stereocenters. The summed E-state index contributed by atoms with van der Waals surface area (Å²) in [4.78, 5) is 22.6. The van der Waals surface area contributed by atoms with E-state index in [1.165, 1.54) is 6.26 Å². The highest BCUT2D eigenvalue weighted by atomic mass is 16.6. The van der Waals surface area contributed by atoms with Crippen molar-refractivity contribution in [3.8, 4) is 0 Å². The maximum Gasteiger partial charge on any atom is 0.303 e. The second-order valence-electron chi connectivity index (χ2n) is 4.21. The van der Waals surface area contributed by atoms with Crippen molar-refractivity contribution in [1.82, 2.24) is 0 Å². The fourth-order valence-corrected chi connectivity index (χ4v) is 1.77. The number of carbonyl (C=O) groups is 2. The summed E-state index contributed by atoms with van der Waals surface area (Å²) in [5.74, 6) is -1.17. The Morgan fingerprint density at radius 1 is 1.25 bits per heavy atom. The molecule has 106 valence electrons. The van der Waals surface area contributed by atoms with Crippen LogP contribution >= 0.6 is 0 Å². The number of carbonyl (C=O) groups excluding carboxylic acids is 1. The van der Waals surface area contributed by atoms with Gasteiger partial charge in [-0.25, -0.2) is 0 Å². The van der Waals surface area contributed by atoms with Gasteiger partial charge in [0.1, 0.15) is 19.5 Å². The SMILES string of the molecule is O=C(O)CCc1ccccc1NC(=O)C1=COCCO1. The van der Waals surface area contributed by atoms with E-state index in [2.05, 4.69) is 5.32 Å². The molecule has 20 heavy (non-hydrogen) atoms. The summed E-state index contributed by atoms with van der Waals surface area (Å²) in [6.45, 7) is 0.756. The molecule has 1 aliphatic heterocycles. The van der Waals surface area contributed by atoms with E-state index in [0.717, 1.165) is 5.56 Å². The van der Waals surface area contributed by atoms with Crippen LogP contribution in [-0.2, 0) is 25.5 Å². The molecule has 6 nitrogen and oxygen atoms in total. The van der Waals surface area contributed by atoms with Gasteiger partial charge in [-0.15, -0.1) is 0 Å². The number of rotatable bonds is 5. The van der Waals surface area contributed by atoms with Gasteiger partial charge in [0.25, 0.3) is 5.91 Å². The van der Waals surface area contributed by atoms with Gasteiger partial charge in [-0.2, -0.15) is 0 Å². The fraction of sp³-hybridized carbons (Fsp3) is 0.286. The van der Waals surface area contributed by atoms with Crippen LogP contribution in [0.1, 0.15) is 12.0 Å². The Hall–Kier alpha value is -2.50. The molecule has 1 aromatic carbocycles. The van der Waals surface area contributed by atoms with E-state index in [-0.39, 0.29) is 12.2 Å². The topological polar surface area (TPSA) is 84.9 Å². The summed E-state index contributed by atoms with van der Waals surface area (Å²) >= 11 is 0. The third-order valence-electron chi connectivity index (χ3n) is 2.75. The van der Waals surface area contributed by atoms with E-state index in [9.17, 15) is 9.59 Å². The molecule has 0 spiro atoms.